The van der Waals surface area contributed by atoms with E-state index >= 15 is 0 Å². The molecule has 0 bridgehead atoms. The van der Waals surface area contributed by atoms with E-state index in [1.54, 1.807) is 42.5 Å². The molecule has 0 saturated carbocycles. The third-order valence-corrected chi connectivity index (χ3v) is 5.46. The SMILES string of the molecule is CCCOc1cccc(C(=O)NC(=S)Nc2ccc(C(=O)N3CCC(C)CC3)cc2)c1. The molecule has 7 heteroatoms. The Kier molecular flexibility index (Phi) is 8.00. The molecule has 1 fully saturated rings. The molecular weight excluding hydrogens is 410 g/mol. The van der Waals surface area contributed by atoms with E-state index in [0.29, 0.717) is 35.1 Å². The van der Waals surface area contributed by atoms with Gasteiger partial charge in [-0.25, -0.2) is 0 Å². The lowest BCUT2D eigenvalue weighted by Crippen LogP contribution is -2.37. The molecule has 2 N–H and O–H groups in total. The zero-order valence-corrected chi connectivity index (χ0v) is 18.8. The number of carbonyl (C=O) groups is 2. The van der Waals surface area contributed by atoms with Crippen molar-refractivity contribution in [3.8, 4) is 5.75 Å². The largest absolute Gasteiger partial charge is 0.494 e. The van der Waals surface area contributed by atoms with Crippen LogP contribution in [-0.4, -0.2) is 41.5 Å². The summed E-state index contributed by atoms with van der Waals surface area (Å²) in [4.78, 5) is 27.0. The molecule has 2 aromatic rings. The maximum absolute atomic E-state index is 12.6. The highest BCUT2D eigenvalue weighted by molar-refractivity contribution is 7.80. The summed E-state index contributed by atoms with van der Waals surface area (Å²) in [5.41, 5.74) is 1.82. The molecule has 31 heavy (non-hydrogen) atoms. The smallest absolute Gasteiger partial charge is 0.257 e. The van der Waals surface area contributed by atoms with Crippen LogP contribution in [0.4, 0.5) is 5.69 Å². The van der Waals surface area contributed by atoms with Crippen LogP contribution >= 0.6 is 12.2 Å². The highest BCUT2D eigenvalue weighted by Crippen LogP contribution is 2.19. The molecule has 164 valence electrons. The third kappa shape index (κ3) is 6.52. The summed E-state index contributed by atoms with van der Waals surface area (Å²) in [7, 11) is 0. The molecule has 1 saturated heterocycles. The monoisotopic (exact) mass is 439 g/mol. The van der Waals surface area contributed by atoms with E-state index in [4.69, 9.17) is 17.0 Å². The topological polar surface area (TPSA) is 70.7 Å². The molecule has 0 unspecified atom stereocenters. The first-order chi connectivity index (χ1) is 15.0. The van der Waals surface area contributed by atoms with Gasteiger partial charge in [-0.2, -0.15) is 0 Å². The Morgan fingerprint density at radius 1 is 1.10 bits per heavy atom. The Bertz CT molecular complexity index is 922. The molecule has 0 aromatic heterocycles. The predicted molar refractivity (Wildman–Crippen MR) is 127 cm³/mol. The van der Waals surface area contributed by atoms with Crippen molar-refractivity contribution < 1.29 is 14.3 Å². The maximum atomic E-state index is 12.6. The Balaban J connectivity index is 1.53. The fraction of sp³-hybridized carbons (Fsp3) is 0.375. The first-order valence-corrected chi connectivity index (χ1v) is 11.1. The van der Waals surface area contributed by atoms with Crippen LogP contribution in [0.3, 0.4) is 0 Å². The molecule has 1 heterocycles. The number of piperidine rings is 1. The summed E-state index contributed by atoms with van der Waals surface area (Å²) < 4.78 is 5.57. The minimum Gasteiger partial charge on any atom is -0.494 e. The summed E-state index contributed by atoms with van der Waals surface area (Å²) in [6.07, 6.45) is 2.99. The average molecular weight is 440 g/mol. The number of nitrogens with one attached hydrogen (secondary N) is 2. The van der Waals surface area contributed by atoms with Crippen LogP contribution < -0.4 is 15.4 Å². The van der Waals surface area contributed by atoms with Crippen molar-refractivity contribution in [1.29, 1.82) is 0 Å². The Labute approximate surface area is 189 Å². The van der Waals surface area contributed by atoms with Crippen molar-refractivity contribution in [3.63, 3.8) is 0 Å². The van der Waals surface area contributed by atoms with Gasteiger partial charge in [0, 0.05) is 29.9 Å². The number of thiocarbonyl (C=S) groups is 1. The zero-order valence-electron chi connectivity index (χ0n) is 18.0. The summed E-state index contributed by atoms with van der Waals surface area (Å²) in [6.45, 7) is 6.46. The standard InChI is InChI=1S/C24H29N3O3S/c1-3-15-30-21-6-4-5-19(16-21)22(28)26-24(31)25-20-9-7-18(8-10-20)23(29)27-13-11-17(2)12-14-27/h4-10,16-17H,3,11-15H2,1-2H3,(H2,25,26,28,31). The predicted octanol–water partition coefficient (Wildman–Crippen LogP) is 4.47. The van der Waals surface area contributed by atoms with Gasteiger partial charge in [-0.1, -0.05) is 19.9 Å². The van der Waals surface area contributed by atoms with Gasteiger partial charge in [-0.15, -0.1) is 0 Å². The highest BCUT2D eigenvalue weighted by atomic mass is 32.1. The first kappa shape index (κ1) is 22.7. The molecule has 1 aliphatic heterocycles. The molecule has 0 aliphatic carbocycles. The van der Waals surface area contributed by atoms with Gasteiger partial charge in [0.25, 0.3) is 11.8 Å². The molecule has 1 aliphatic rings. The van der Waals surface area contributed by atoms with E-state index in [0.717, 1.165) is 32.4 Å². The fourth-order valence-corrected chi connectivity index (χ4v) is 3.59. The van der Waals surface area contributed by atoms with Crippen molar-refractivity contribution in [2.24, 2.45) is 5.92 Å². The maximum Gasteiger partial charge on any atom is 0.257 e. The number of hydrogen-bond donors (Lipinski definition) is 2. The average Bonchev–Trinajstić information content (AvgIpc) is 2.78. The minimum atomic E-state index is -0.314. The molecule has 0 atom stereocenters. The van der Waals surface area contributed by atoms with Gasteiger partial charge in [0.1, 0.15) is 5.75 Å². The van der Waals surface area contributed by atoms with Gasteiger partial charge in [-0.3, -0.25) is 14.9 Å². The van der Waals surface area contributed by atoms with Crippen molar-refractivity contribution >= 4 is 34.8 Å². The molecule has 0 spiro atoms. The number of amides is 2. The Morgan fingerprint density at radius 3 is 2.48 bits per heavy atom. The van der Waals surface area contributed by atoms with Crippen LogP contribution in [0.25, 0.3) is 0 Å². The Morgan fingerprint density at radius 2 is 1.81 bits per heavy atom. The number of likely N-dealkylation sites (tertiary alicyclic amines) is 1. The number of carbonyl (C=O) groups excluding carboxylic acids is 2. The lowest BCUT2D eigenvalue weighted by atomic mass is 9.98. The van der Waals surface area contributed by atoms with Crippen molar-refractivity contribution in [2.75, 3.05) is 25.0 Å². The quantitative estimate of drug-likeness (QED) is 0.650. The van der Waals surface area contributed by atoms with Crippen LogP contribution in [0.2, 0.25) is 0 Å². The van der Waals surface area contributed by atoms with Crippen LogP contribution in [0.5, 0.6) is 5.75 Å². The Hall–Kier alpha value is -2.93. The van der Waals surface area contributed by atoms with E-state index in [-0.39, 0.29) is 16.9 Å². The molecule has 2 amide bonds. The zero-order chi connectivity index (χ0) is 22.2. The number of nitrogens with zero attached hydrogens (tertiary/aromatic N) is 1. The number of benzene rings is 2. The van der Waals surface area contributed by atoms with E-state index in [2.05, 4.69) is 17.6 Å². The van der Waals surface area contributed by atoms with E-state index in [9.17, 15) is 9.59 Å². The van der Waals surface area contributed by atoms with E-state index in [1.807, 2.05) is 17.9 Å². The lowest BCUT2D eigenvalue weighted by molar-refractivity contribution is 0.0697. The second-order valence-electron chi connectivity index (χ2n) is 7.84. The summed E-state index contributed by atoms with van der Waals surface area (Å²) >= 11 is 5.26. The van der Waals surface area contributed by atoms with Crippen LogP contribution in [0.1, 0.15) is 53.8 Å². The van der Waals surface area contributed by atoms with E-state index < -0.39 is 0 Å². The minimum absolute atomic E-state index is 0.0551. The number of anilines is 1. The van der Waals surface area contributed by atoms with Crippen molar-refractivity contribution in [3.05, 3.63) is 59.7 Å². The highest BCUT2D eigenvalue weighted by Gasteiger charge is 2.21. The van der Waals surface area contributed by atoms with Gasteiger partial charge < -0.3 is 15.0 Å². The molecule has 6 nitrogen and oxygen atoms in total. The van der Waals surface area contributed by atoms with Gasteiger partial charge in [0.15, 0.2) is 5.11 Å². The number of rotatable bonds is 6. The normalized spacial score (nSPS) is 14.1. The van der Waals surface area contributed by atoms with Crippen LogP contribution in [0.15, 0.2) is 48.5 Å². The van der Waals surface area contributed by atoms with Crippen molar-refractivity contribution in [1.82, 2.24) is 10.2 Å². The summed E-state index contributed by atoms with van der Waals surface area (Å²) in [5, 5.41) is 5.85. The van der Waals surface area contributed by atoms with Crippen LogP contribution in [0, 0.1) is 5.92 Å². The number of ether oxygens (including phenoxy) is 1. The van der Waals surface area contributed by atoms with Gasteiger partial charge in [0.2, 0.25) is 0 Å². The van der Waals surface area contributed by atoms with Gasteiger partial charge in [-0.05, 0) is 79.9 Å². The summed E-state index contributed by atoms with van der Waals surface area (Å²) in [6, 6.07) is 14.1. The summed E-state index contributed by atoms with van der Waals surface area (Å²) in [5.74, 6) is 1.07. The second kappa shape index (κ2) is 10.9. The third-order valence-electron chi connectivity index (χ3n) is 5.26. The van der Waals surface area contributed by atoms with Crippen LogP contribution in [-0.2, 0) is 0 Å². The first-order valence-electron chi connectivity index (χ1n) is 10.7. The van der Waals surface area contributed by atoms with Gasteiger partial charge >= 0.3 is 0 Å². The second-order valence-corrected chi connectivity index (χ2v) is 8.24. The number of hydrogen-bond acceptors (Lipinski definition) is 4. The van der Waals surface area contributed by atoms with E-state index in [1.165, 1.54) is 0 Å². The molecule has 3 rings (SSSR count). The molecule has 2 aromatic carbocycles. The molecular formula is C24H29N3O3S. The van der Waals surface area contributed by atoms with Gasteiger partial charge in [0.05, 0.1) is 6.61 Å². The fourth-order valence-electron chi connectivity index (χ4n) is 3.38. The van der Waals surface area contributed by atoms with Crippen molar-refractivity contribution in [2.45, 2.75) is 33.1 Å². The molecule has 0 radical (unpaired) electrons. The lowest BCUT2D eigenvalue weighted by Gasteiger charge is -2.30.